The maximum absolute atomic E-state index is 11.0. The van der Waals surface area contributed by atoms with Crippen LogP contribution in [-0.4, -0.2) is 16.3 Å². The summed E-state index contributed by atoms with van der Waals surface area (Å²) in [5, 5.41) is 21.3. The van der Waals surface area contributed by atoms with Crippen LogP contribution in [0.3, 0.4) is 0 Å². The van der Waals surface area contributed by atoms with E-state index in [2.05, 4.69) is 0 Å². The molecule has 0 saturated carbocycles. The van der Waals surface area contributed by atoms with Crippen LogP contribution < -0.4 is 0 Å². The first-order chi connectivity index (χ1) is 8.73. The normalized spacial score (nSPS) is 26.7. The van der Waals surface area contributed by atoms with Crippen LogP contribution in [0.5, 0.6) is 0 Å². The quantitative estimate of drug-likeness (QED) is 0.802. The molecule has 0 aliphatic heterocycles. The van der Waals surface area contributed by atoms with Gasteiger partial charge < -0.3 is 10.2 Å². The lowest BCUT2D eigenvalue weighted by atomic mass is 9.73. The summed E-state index contributed by atoms with van der Waals surface area (Å²) in [6.45, 7) is 0. The Bertz CT molecular complexity index is 550. The van der Waals surface area contributed by atoms with Gasteiger partial charge in [-0.1, -0.05) is 54.6 Å². The molecule has 0 saturated heterocycles. The Morgan fingerprint density at radius 3 is 2.39 bits per heavy atom. The molecular formula is C16H16O2. The van der Waals surface area contributed by atoms with Crippen LogP contribution in [0, 0.1) is 0 Å². The highest BCUT2D eigenvalue weighted by Gasteiger charge is 2.43. The maximum Gasteiger partial charge on any atom is 0.141 e. The van der Waals surface area contributed by atoms with Crippen LogP contribution in [0.25, 0.3) is 0 Å². The largest absolute Gasteiger partial charge is 0.389 e. The van der Waals surface area contributed by atoms with Gasteiger partial charge >= 0.3 is 0 Å². The van der Waals surface area contributed by atoms with E-state index in [4.69, 9.17) is 0 Å². The van der Waals surface area contributed by atoms with Crippen molar-refractivity contribution < 1.29 is 10.2 Å². The molecule has 0 unspecified atom stereocenters. The van der Waals surface area contributed by atoms with E-state index in [1.807, 2.05) is 54.6 Å². The van der Waals surface area contributed by atoms with E-state index >= 15 is 0 Å². The second-order valence-electron chi connectivity index (χ2n) is 4.84. The zero-order valence-corrected chi connectivity index (χ0v) is 10.1. The van der Waals surface area contributed by atoms with Gasteiger partial charge in [-0.25, -0.2) is 0 Å². The number of hydrogen-bond donors (Lipinski definition) is 2. The molecule has 1 aliphatic carbocycles. The summed E-state index contributed by atoms with van der Waals surface area (Å²) in [5.74, 6) is 0. The van der Waals surface area contributed by atoms with Crippen LogP contribution in [0.1, 0.15) is 23.1 Å². The molecule has 2 nitrogen and oxygen atoms in total. The smallest absolute Gasteiger partial charge is 0.141 e. The third kappa shape index (κ3) is 1.57. The molecule has 0 spiro atoms. The molecule has 0 aromatic heterocycles. The second-order valence-corrected chi connectivity index (χ2v) is 4.84. The first kappa shape index (κ1) is 11.5. The number of aliphatic hydroxyl groups is 2. The van der Waals surface area contributed by atoms with Crippen molar-refractivity contribution in [2.45, 2.75) is 24.5 Å². The predicted molar refractivity (Wildman–Crippen MR) is 70.2 cm³/mol. The Morgan fingerprint density at radius 2 is 1.61 bits per heavy atom. The first-order valence-electron chi connectivity index (χ1n) is 6.27. The molecule has 2 atom stereocenters. The molecule has 0 bridgehead atoms. The Kier molecular flexibility index (Phi) is 2.69. The Balaban J connectivity index is 2.21. The van der Waals surface area contributed by atoms with Gasteiger partial charge in [0.25, 0.3) is 0 Å². The Hall–Kier alpha value is -1.64. The molecule has 2 aromatic carbocycles. The number of aliphatic hydroxyl groups excluding tert-OH is 1. The predicted octanol–water partition coefficient (Wildman–Crippen LogP) is 2.23. The number of fused-ring (bicyclic) bond motifs is 1. The summed E-state index contributed by atoms with van der Waals surface area (Å²) in [4.78, 5) is 0. The minimum atomic E-state index is -1.28. The summed E-state index contributed by atoms with van der Waals surface area (Å²) in [5.41, 5.74) is 1.42. The standard InChI is InChI=1S/C16H16O2/c17-15-11-10-12-6-4-5-9-14(12)16(15,18)13-7-2-1-3-8-13/h1-9,15,17-18H,10-11H2/t15-,16-/m0/s1. The Morgan fingerprint density at radius 1 is 0.944 bits per heavy atom. The van der Waals surface area contributed by atoms with Gasteiger partial charge in [-0.3, -0.25) is 0 Å². The van der Waals surface area contributed by atoms with E-state index < -0.39 is 11.7 Å². The molecule has 18 heavy (non-hydrogen) atoms. The van der Waals surface area contributed by atoms with Crippen molar-refractivity contribution in [3.63, 3.8) is 0 Å². The lowest BCUT2D eigenvalue weighted by molar-refractivity contribution is -0.0598. The van der Waals surface area contributed by atoms with Gasteiger partial charge in [-0.15, -0.1) is 0 Å². The number of aryl methyl sites for hydroxylation is 1. The van der Waals surface area contributed by atoms with E-state index in [0.29, 0.717) is 6.42 Å². The van der Waals surface area contributed by atoms with Crippen molar-refractivity contribution in [2.24, 2.45) is 0 Å². The fraction of sp³-hybridized carbons (Fsp3) is 0.250. The van der Waals surface area contributed by atoms with E-state index in [0.717, 1.165) is 23.1 Å². The van der Waals surface area contributed by atoms with Gasteiger partial charge in [-0.2, -0.15) is 0 Å². The number of hydrogen-bond acceptors (Lipinski definition) is 2. The molecule has 0 fully saturated rings. The lowest BCUT2D eigenvalue weighted by Gasteiger charge is -2.39. The van der Waals surface area contributed by atoms with Gasteiger partial charge in [0.2, 0.25) is 0 Å². The first-order valence-corrected chi connectivity index (χ1v) is 6.27. The van der Waals surface area contributed by atoms with E-state index in [9.17, 15) is 10.2 Å². The molecule has 2 N–H and O–H groups in total. The molecule has 2 heteroatoms. The highest BCUT2D eigenvalue weighted by Crippen LogP contribution is 2.40. The van der Waals surface area contributed by atoms with Crippen molar-refractivity contribution in [1.29, 1.82) is 0 Å². The molecule has 0 amide bonds. The van der Waals surface area contributed by atoms with Gasteiger partial charge in [0.1, 0.15) is 5.60 Å². The zero-order chi connectivity index (χ0) is 12.6. The van der Waals surface area contributed by atoms with Crippen LogP contribution in [-0.2, 0) is 12.0 Å². The maximum atomic E-state index is 11.0. The van der Waals surface area contributed by atoms with E-state index in [1.165, 1.54) is 0 Å². The third-order valence-corrected chi connectivity index (χ3v) is 3.81. The molecule has 92 valence electrons. The second kappa shape index (κ2) is 4.23. The van der Waals surface area contributed by atoms with E-state index in [-0.39, 0.29) is 0 Å². The average molecular weight is 240 g/mol. The average Bonchev–Trinajstić information content (AvgIpc) is 2.44. The third-order valence-electron chi connectivity index (χ3n) is 3.81. The molecule has 1 aliphatic rings. The Labute approximate surface area is 107 Å². The summed E-state index contributed by atoms with van der Waals surface area (Å²) in [7, 11) is 0. The minimum absolute atomic E-state index is 0.586. The van der Waals surface area contributed by atoms with Crippen molar-refractivity contribution in [3.05, 3.63) is 71.3 Å². The lowest BCUT2D eigenvalue weighted by Crippen LogP contribution is -2.44. The van der Waals surface area contributed by atoms with Crippen molar-refractivity contribution in [2.75, 3.05) is 0 Å². The zero-order valence-electron chi connectivity index (χ0n) is 10.1. The highest BCUT2D eigenvalue weighted by molar-refractivity contribution is 5.44. The topological polar surface area (TPSA) is 40.5 Å². The molecule has 0 heterocycles. The summed E-state index contributed by atoms with van der Waals surface area (Å²) < 4.78 is 0. The number of rotatable bonds is 1. The monoisotopic (exact) mass is 240 g/mol. The van der Waals surface area contributed by atoms with Gasteiger partial charge in [0.15, 0.2) is 0 Å². The summed E-state index contributed by atoms with van der Waals surface area (Å²) >= 11 is 0. The van der Waals surface area contributed by atoms with E-state index in [1.54, 1.807) is 0 Å². The van der Waals surface area contributed by atoms with Gasteiger partial charge in [0, 0.05) is 0 Å². The molecule has 0 radical (unpaired) electrons. The van der Waals surface area contributed by atoms with Crippen molar-refractivity contribution in [1.82, 2.24) is 0 Å². The van der Waals surface area contributed by atoms with Crippen LogP contribution in [0.2, 0.25) is 0 Å². The van der Waals surface area contributed by atoms with Crippen LogP contribution >= 0.6 is 0 Å². The van der Waals surface area contributed by atoms with Crippen LogP contribution in [0.4, 0.5) is 0 Å². The van der Waals surface area contributed by atoms with Crippen LogP contribution in [0.15, 0.2) is 54.6 Å². The molecule has 3 rings (SSSR count). The van der Waals surface area contributed by atoms with Crippen molar-refractivity contribution in [3.8, 4) is 0 Å². The summed E-state index contributed by atoms with van der Waals surface area (Å²) in [6, 6.07) is 17.2. The van der Waals surface area contributed by atoms with Gasteiger partial charge in [0.05, 0.1) is 6.10 Å². The molecule has 2 aromatic rings. The van der Waals surface area contributed by atoms with Gasteiger partial charge in [-0.05, 0) is 29.5 Å². The molecular weight excluding hydrogens is 224 g/mol. The fourth-order valence-electron chi connectivity index (χ4n) is 2.83. The van der Waals surface area contributed by atoms with Crippen molar-refractivity contribution >= 4 is 0 Å². The number of benzene rings is 2. The minimum Gasteiger partial charge on any atom is -0.389 e. The fourth-order valence-corrected chi connectivity index (χ4v) is 2.83. The highest BCUT2D eigenvalue weighted by atomic mass is 16.3. The SMILES string of the molecule is O[C@H]1CCc2ccccc2[C@@]1(O)c1ccccc1. The summed E-state index contributed by atoms with van der Waals surface area (Å²) in [6.07, 6.45) is 0.643.